The fourth-order valence-electron chi connectivity index (χ4n) is 3.46. The molecule has 0 radical (unpaired) electrons. The van der Waals surface area contributed by atoms with E-state index in [0.717, 1.165) is 28.5 Å². The Morgan fingerprint density at radius 2 is 1.78 bits per heavy atom. The average molecular weight is 684 g/mol. The van der Waals surface area contributed by atoms with Gasteiger partial charge in [0, 0.05) is 43.5 Å². The van der Waals surface area contributed by atoms with Crippen LogP contribution in [0.25, 0.3) is 0 Å². The van der Waals surface area contributed by atoms with Gasteiger partial charge in [-0.25, -0.2) is 0 Å². The number of methoxy groups -OCH3 is 3. The zero-order valence-electron chi connectivity index (χ0n) is 29.3. The molecule has 1 aromatic heterocycles. The Balaban J connectivity index is 0. The second-order valence-electron chi connectivity index (χ2n) is 9.03. The number of amidine groups is 1. The molecular weight excluding hydrogens is 631 g/mol. The first-order valence-corrected chi connectivity index (χ1v) is 17.8. The highest BCUT2D eigenvalue weighted by atomic mass is 32.2. The number of carbonyl (C=O) groups is 1. The van der Waals surface area contributed by atoms with Gasteiger partial charge in [0.1, 0.15) is 11.5 Å². The van der Waals surface area contributed by atoms with Crippen LogP contribution < -0.4 is 10.1 Å². The second-order valence-corrected chi connectivity index (χ2v) is 11.9. The molecule has 0 aromatic carbocycles. The maximum atomic E-state index is 13.4. The summed E-state index contributed by atoms with van der Waals surface area (Å²) in [6.07, 6.45) is 12.0. The van der Waals surface area contributed by atoms with Crippen molar-refractivity contribution in [2.45, 2.75) is 87.0 Å². The van der Waals surface area contributed by atoms with Crippen molar-refractivity contribution < 1.29 is 36.7 Å². The van der Waals surface area contributed by atoms with Crippen LogP contribution >= 0.6 is 0 Å². The maximum absolute atomic E-state index is 13.4. The largest absolute Gasteiger partial charge is 0.508 e. The third kappa shape index (κ3) is 17.2. The summed E-state index contributed by atoms with van der Waals surface area (Å²) in [5, 5.41) is 13.3. The number of allylic oxidation sites excluding steroid dienone is 5. The number of sulfonamides is 1. The number of nitrogens with one attached hydrogen (secondary N) is 1. The topological polar surface area (TPSA) is 153 Å². The zero-order valence-corrected chi connectivity index (χ0v) is 31.0. The van der Waals surface area contributed by atoms with E-state index in [1.807, 2.05) is 61.5 Å². The number of hydrogen-bond acceptors (Lipinski definition) is 9. The molecular formula is C33H53N3O8S2. The van der Waals surface area contributed by atoms with E-state index in [-0.39, 0.29) is 28.8 Å². The highest BCUT2D eigenvalue weighted by Gasteiger charge is 2.21. The monoisotopic (exact) mass is 683 g/mol. The van der Waals surface area contributed by atoms with E-state index >= 15 is 0 Å². The number of aromatic nitrogens is 1. The summed E-state index contributed by atoms with van der Waals surface area (Å²) in [4.78, 5) is 14.0. The van der Waals surface area contributed by atoms with Crippen LogP contribution in [0.2, 0.25) is 0 Å². The molecule has 260 valence electrons. The molecule has 0 aliphatic heterocycles. The number of rotatable bonds is 10. The molecule has 0 bridgehead atoms. The molecule has 11 nitrogen and oxygen atoms in total. The molecule has 0 fully saturated rings. The van der Waals surface area contributed by atoms with Gasteiger partial charge in [0.2, 0.25) is 5.17 Å². The fourth-order valence-corrected chi connectivity index (χ4v) is 5.62. The van der Waals surface area contributed by atoms with Crippen LogP contribution in [-0.4, -0.2) is 61.3 Å². The number of pyridine rings is 1. The summed E-state index contributed by atoms with van der Waals surface area (Å²) in [6.45, 7) is 16.8. The van der Waals surface area contributed by atoms with Crippen molar-refractivity contribution in [3.05, 3.63) is 81.9 Å². The smallest absolute Gasteiger partial charge is 0.302 e. The molecule has 13 heteroatoms. The highest BCUT2D eigenvalue weighted by molar-refractivity contribution is 8.01. The van der Waals surface area contributed by atoms with Gasteiger partial charge in [-0.1, -0.05) is 46.8 Å². The Hall–Kier alpha value is -3.55. The van der Waals surface area contributed by atoms with Crippen LogP contribution in [0.3, 0.4) is 0 Å². The molecule has 0 saturated carbocycles. The SMILES string of the molecule is CC.CC.CC\C=C/C(O)=C\C=C\S(=O)(=O)/N=C(/NC1=C(C)CC(OC)C=C1)[S@@](=O)Cc1ncc(C)c(OC)c1C.COC(C)=O. The van der Waals surface area contributed by atoms with Crippen molar-refractivity contribution in [3.63, 3.8) is 0 Å². The highest BCUT2D eigenvalue weighted by Crippen LogP contribution is 2.25. The standard InChI is InChI=1S/C26H35N3O6S2.C3H6O2.2C2H6/c1-7-8-10-21(30)11-9-14-37(32,33)29-26(28-23-13-12-22(34-5)15-18(23)2)36(31)17-24-20(4)25(35-6)19(3)16-27-24;1-3(4)5-2;2*1-2/h8-14,16,22,30H,7,15,17H2,1-6H3,(H,28,29);1-2H3;2*1-2H3/b10-8-,14-9+,21-11+;;;/t22?,36-;;;/m0.../s1. The molecule has 1 aromatic rings. The lowest BCUT2D eigenvalue weighted by Gasteiger charge is -2.21. The lowest BCUT2D eigenvalue weighted by atomic mass is 10.0. The average Bonchev–Trinajstić information content (AvgIpc) is 3.04. The number of esters is 1. The molecule has 0 spiro atoms. The lowest BCUT2D eigenvalue weighted by Crippen LogP contribution is -2.31. The summed E-state index contributed by atoms with van der Waals surface area (Å²) in [5.74, 6) is 0.208. The number of nitrogens with zero attached hydrogens (tertiary/aromatic N) is 2. The molecule has 0 amide bonds. The number of aliphatic hydroxyl groups is 1. The van der Waals surface area contributed by atoms with Gasteiger partial charge in [-0.05, 0) is 57.1 Å². The van der Waals surface area contributed by atoms with Crippen LogP contribution in [-0.2, 0) is 40.8 Å². The number of aliphatic hydroxyl groups excluding tert-OH is 1. The van der Waals surface area contributed by atoms with Gasteiger partial charge < -0.3 is 24.6 Å². The van der Waals surface area contributed by atoms with E-state index in [4.69, 9.17) is 9.47 Å². The molecule has 1 heterocycles. The predicted molar refractivity (Wildman–Crippen MR) is 189 cm³/mol. The van der Waals surface area contributed by atoms with E-state index in [2.05, 4.69) is 19.4 Å². The Morgan fingerprint density at radius 3 is 2.28 bits per heavy atom. The normalized spacial score (nSPS) is 15.6. The van der Waals surface area contributed by atoms with E-state index in [0.29, 0.717) is 23.6 Å². The Morgan fingerprint density at radius 1 is 1.17 bits per heavy atom. The van der Waals surface area contributed by atoms with Crippen LogP contribution in [0, 0.1) is 13.8 Å². The van der Waals surface area contributed by atoms with Gasteiger partial charge in [-0.2, -0.15) is 8.42 Å². The number of carbonyl (C=O) groups excluding carboxylic acids is 1. The van der Waals surface area contributed by atoms with Crippen LogP contribution in [0.1, 0.15) is 78.1 Å². The summed E-state index contributed by atoms with van der Waals surface area (Å²) < 4.78 is 57.7. The van der Waals surface area contributed by atoms with Gasteiger partial charge in [0.25, 0.3) is 10.0 Å². The fraction of sp³-hybridized carbons (Fsp3) is 0.485. The number of hydrogen-bond donors (Lipinski definition) is 2. The number of aryl methyl sites for hydroxylation is 1. The van der Waals surface area contributed by atoms with Crippen molar-refractivity contribution in [1.82, 2.24) is 10.3 Å². The first-order chi connectivity index (χ1) is 21.8. The summed E-state index contributed by atoms with van der Waals surface area (Å²) in [6, 6.07) is 0. The third-order valence-corrected chi connectivity index (χ3v) is 7.98. The van der Waals surface area contributed by atoms with E-state index in [1.54, 1.807) is 32.6 Å². The van der Waals surface area contributed by atoms with Gasteiger partial charge in [0.05, 0.1) is 48.0 Å². The molecule has 2 atom stereocenters. The van der Waals surface area contributed by atoms with Crippen molar-refractivity contribution in [3.8, 4) is 5.75 Å². The van der Waals surface area contributed by atoms with E-state index in [9.17, 15) is 22.5 Å². The minimum absolute atomic E-state index is 0.0766. The van der Waals surface area contributed by atoms with Crippen LogP contribution in [0.15, 0.2) is 69.5 Å². The molecule has 1 aliphatic carbocycles. The Bertz CT molecular complexity index is 1410. The van der Waals surface area contributed by atoms with Gasteiger partial charge in [0.15, 0.2) is 0 Å². The Kier molecular flexibility index (Phi) is 23.9. The van der Waals surface area contributed by atoms with E-state index in [1.165, 1.54) is 32.3 Å². The minimum Gasteiger partial charge on any atom is -0.508 e. The van der Waals surface area contributed by atoms with Crippen molar-refractivity contribution in [2.75, 3.05) is 21.3 Å². The first kappa shape index (κ1) is 44.6. The van der Waals surface area contributed by atoms with Crippen LogP contribution in [0.5, 0.6) is 5.75 Å². The molecule has 1 unspecified atom stereocenters. The molecule has 0 saturated heterocycles. The quantitative estimate of drug-likeness (QED) is 0.0903. The first-order valence-electron chi connectivity index (χ1n) is 15.0. The van der Waals surface area contributed by atoms with Crippen molar-refractivity contribution >= 4 is 32.0 Å². The van der Waals surface area contributed by atoms with E-state index < -0.39 is 20.8 Å². The summed E-state index contributed by atoms with van der Waals surface area (Å²) >= 11 is 0. The van der Waals surface area contributed by atoms with Crippen molar-refractivity contribution in [1.29, 1.82) is 0 Å². The zero-order chi connectivity index (χ0) is 35.9. The predicted octanol–water partition coefficient (Wildman–Crippen LogP) is 6.63. The van der Waals surface area contributed by atoms with Gasteiger partial charge >= 0.3 is 5.97 Å². The van der Waals surface area contributed by atoms with Crippen LogP contribution in [0.4, 0.5) is 0 Å². The molecule has 2 N–H and O–H groups in total. The second kappa shape index (κ2) is 24.7. The maximum Gasteiger partial charge on any atom is 0.302 e. The third-order valence-electron chi connectivity index (χ3n) is 5.76. The molecule has 2 rings (SSSR count). The summed E-state index contributed by atoms with van der Waals surface area (Å²) in [7, 11) is -1.58. The molecule has 1 aliphatic rings. The molecule has 46 heavy (non-hydrogen) atoms. The van der Waals surface area contributed by atoms with Gasteiger partial charge in [-0.15, -0.1) is 4.40 Å². The Labute approximate surface area is 278 Å². The lowest BCUT2D eigenvalue weighted by molar-refractivity contribution is -0.137. The van der Waals surface area contributed by atoms with Gasteiger partial charge in [-0.3, -0.25) is 14.0 Å². The number of ether oxygens (including phenoxy) is 3. The van der Waals surface area contributed by atoms with Crippen molar-refractivity contribution in [2.24, 2.45) is 4.40 Å². The minimum atomic E-state index is -4.19. The summed E-state index contributed by atoms with van der Waals surface area (Å²) in [5.41, 5.74) is 3.54.